The van der Waals surface area contributed by atoms with E-state index >= 15 is 0 Å². The van der Waals surface area contributed by atoms with Crippen LogP contribution in [0.2, 0.25) is 5.02 Å². The van der Waals surface area contributed by atoms with Crippen LogP contribution in [0.3, 0.4) is 0 Å². The third-order valence-electron chi connectivity index (χ3n) is 6.14. The molecule has 2 aromatic carbocycles. The van der Waals surface area contributed by atoms with E-state index in [0.717, 1.165) is 6.07 Å². The molecule has 0 radical (unpaired) electrons. The molecule has 0 spiro atoms. The van der Waals surface area contributed by atoms with Crippen molar-refractivity contribution in [1.29, 1.82) is 0 Å². The average Bonchev–Trinajstić information content (AvgIpc) is 2.74. The third-order valence-corrected chi connectivity index (χ3v) is 6.47. The first-order chi connectivity index (χ1) is 15.4. The highest BCUT2D eigenvalue weighted by atomic mass is 35.5. The lowest BCUT2D eigenvalue weighted by atomic mass is 9.83. The smallest absolute Gasteiger partial charge is 0.385 e. The van der Waals surface area contributed by atoms with E-state index in [2.05, 4.69) is 0 Å². The topological polar surface area (TPSA) is 43.8 Å². The number of piperidine rings is 1. The van der Waals surface area contributed by atoms with Gasteiger partial charge < -0.3 is 14.9 Å². The average molecular weight is 487 g/mol. The predicted octanol–water partition coefficient (Wildman–Crippen LogP) is 5.51. The Labute approximate surface area is 195 Å². The molecule has 2 aromatic rings. The molecule has 33 heavy (non-hydrogen) atoms. The minimum absolute atomic E-state index is 0.0665. The van der Waals surface area contributed by atoms with E-state index < -0.39 is 28.2 Å². The van der Waals surface area contributed by atoms with E-state index in [1.807, 2.05) is 4.90 Å². The Kier molecular flexibility index (Phi) is 7.71. The summed E-state index contributed by atoms with van der Waals surface area (Å²) in [6.45, 7) is 1.52. The Bertz CT molecular complexity index is 1000. The highest BCUT2D eigenvalue weighted by molar-refractivity contribution is 6.31. The standard InChI is InChI=1S/C24H27ClF4N2O2/c1-30(2)17-6-7-18(21(26)15-17)22(32)4-3-11-31-12-9-23(33,10-13-31)16-5-8-20(25)19(14-16)24(27,28)29/h5-8,14-15,33H,3-4,9-13H2,1-2H3. The van der Waals surface area contributed by atoms with Gasteiger partial charge in [-0.3, -0.25) is 4.79 Å². The zero-order valence-corrected chi connectivity index (χ0v) is 19.3. The Hall–Kier alpha value is -2.16. The van der Waals surface area contributed by atoms with Crippen molar-refractivity contribution in [3.63, 3.8) is 0 Å². The molecule has 1 saturated heterocycles. The number of ketones is 1. The van der Waals surface area contributed by atoms with Gasteiger partial charge in [-0.05, 0) is 61.7 Å². The molecule has 0 aliphatic carbocycles. The van der Waals surface area contributed by atoms with Crippen LogP contribution in [0.25, 0.3) is 0 Å². The Morgan fingerprint density at radius 2 is 1.82 bits per heavy atom. The lowest BCUT2D eigenvalue weighted by molar-refractivity contribution is -0.137. The van der Waals surface area contributed by atoms with Crippen molar-refractivity contribution in [2.24, 2.45) is 0 Å². The van der Waals surface area contributed by atoms with Crippen LogP contribution in [-0.2, 0) is 11.8 Å². The van der Waals surface area contributed by atoms with Crippen molar-refractivity contribution in [1.82, 2.24) is 4.90 Å². The Balaban J connectivity index is 1.53. The number of Topliss-reactive ketones (excluding diaryl/α,β-unsaturated/α-hetero) is 1. The maximum atomic E-state index is 14.3. The van der Waals surface area contributed by atoms with Crippen molar-refractivity contribution in [3.05, 3.63) is 63.9 Å². The van der Waals surface area contributed by atoms with Gasteiger partial charge >= 0.3 is 6.18 Å². The molecule has 180 valence electrons. The van der Waals surface area contributed by atoms with Crippen molar-refractivity contribution in [3.8, 4) is 0 Å². The number of aliphatic hydroxyl groups is 1. The molecule has 1 heterocycles. The summed E-state index contributed by atoms with van der Waals surface area (Å²) in [5.74, 6) is -0.817. The summed E-state index contributed by atoms with van der Waals surface area (Å²) in [6, 6.07) is 8.05. The lowest BCUT2D eigenvalue weighted by Gasteiger charge is -2.38. The second kappa shape index (κ2) is 9.99. The van der Waals surface area contributed by atoms with E-state index in [1.165, 1.54) is 24.3 Å². The molecule has 0 bridgehead atoms. The van der Waals surface area contributed by atoms with Gasteiger partial charge in [-0.1, -0.05) is 17.7 Å². The number of anilines is 1. The molecule has 0 unspecified atom stereocenters. The number of rotatable bonds is 7. The van der Waals surface area contributed by atoms with Crippen molar-refractivity contribution < 1.29 is 27.5 Å². The fourth-order valence-corrected chi connectivity index (χ4v) is 4.30. The number of benzene rings is 2. The highest BCUT2D eigenvalue weighted by Crippen LogP contribution is 2.40. The first-order valence-electron chi connectivity index (χ1n) is 10.7. The van der Waals surface area contributed by atoms with Crippen LogP contribution in [0, 0.1) is 5.82 Å². The van der Waals surface area contributed by atoms with Gasteiger partial charge in [0.25, 0.3) is 0 Å². The molecule has 0 saturated carbocycles. The van der Waals surface area contributed by atoms with E-state index in [4.69, 9.17) is 11.6 Å². The number of alkyl halides is 3. The van der Waals surface area contributed by atoms with Gasteiger partial charge in [0.1, 0.15) is 5.82 Å². The van der Waals surface area contributed by atoms with E-state index in [0.29, 0.717) is 31.7 Å². The second-order valence-corrected chi connectivity index (χ2v) is 9.06. The van der Waals surface area contributed by atoms with Crippen molar-refractivity contribution in [2.45, 2.75) is 37.5 Å². The minimum Gasteiger partial charge on any atom is -0.385 e. The van der Waals surface area contributed by atoms with E-state index in [9.17, 15) is 27.5 Å². The van der Waals surface area contributed by atoms with Gasteiger partial charge in [0.15, 0.2) is 5.78 Å². The quantitative estimate of drug-likeness (QED) is 0.414. The summed E-state index contributed by atoms with van der Waals surface area (Å²) in [4.78, 5) is 16.2. The first-order valence-corrected chi connectivity index (χ1v) is 11.1. The summed E-state index contributed by atoms with van der Waals surface area (Å²) in [5, 5.41) is 10.6. The summed E-state index contributed by atoms with van der Waals surface area (Å²) < 4.78 is 53.7. The molecule has 0 aromatic heterocycles. The summed E-state index contributed by atoms with van der Waals surface area (Å²) >= 11 is 5.68. The molecule has 4 nitrogen and oxygen atoms in total. The Morgan fingerprint density at radius 1 is 1.15 bits per heavy atom. The molecule has 9 heteroatoms. The molecule has 0 atom stereocenters. The van der Waals surface area contributed by atoms with Gasteiger partial charge in [0, 0.05) is 39.3 Å². The summed E-state index contributed by atoms with van der Waals surface area (Å²) in [7, 11) is 3.58. The fourth-order valence-electron chi connectivity index (χ4n) is 4.07. The molecular formula is C24H27ClF4N2O2. The number of nitrogens with zero attached hydrogens (tertiary/aromatic N) is 2. The van der Waals surface area contributed by atoms with E-state index in [1.54, 1.807) is 25.1 Å². The molecule has 1 aliphatic heterocycles. The number of halogens is 5. The van der Waals surface area contributed by atoms with Crippen LogP contribution in [0.15, 0.2) is 36.4 Å². The lowest BCUT2D eigenvalue weighted by Crippen LogP contribution is -2.43. The number of carbonyl (C=O) groups excluding carboxylic acids is 1. The van der Waals surface area contributed by atoms with Crippen molar-refractivity contribution >= 4 is 23.1 Å². The third kappa shape index (κ3) is 6.05. The second-order valence-electron chi connectivity index (χ2n) is 8.65. The van der Waals surface area contributed by atoms with Gasteiger partial charge in [0.2, 0.25) is 0 Å². The Morgan fingerprint density at radius 3 is 2.39 bits per heavy atom. The van der Waals surface area contributed by atoms with Crippen LogP contribution in [0.4, 0.5) is 23.2 Å². The largest absolute Gasteiger partial charge is 0.417 e. The zero-order chi connectivity index (χ0) is 24.4. The van der Waals surface area contributed by atoms with Crippen molar-refractivity contribution in [2.75, 3.05) is 38.6 Å². The highest BCUT2D eigenvalue weighted by Gasteiger charge is 2.38. The van der Waals surface area contributed by atoms with Crippen LogP contribution < -0.4 is 4.90 Å². The number of hydrogen-bond donors (Lipinski definition) is 1. The van der Waals surface area contributed by atoms with Crippen LogP contribution in [0.5, 0.6) is 0 Å². The molecule has 0 amide bonds. The van der Waals surface area contributed by atoms with Gasteiger partial charge in [-0.2, -0.15) is 13.2 Å². The van der Waals surface area contributed by atoms with Gasteiger partial charge in [-0.15, -0.1) is 0 Å². The maximum absolute atomic E-state index is 14.3. The maximum Gasteiger partial charge on any atom is 0.417 e. The molecule has 3 rings (SSSR count). The van der Waals surface area contributed by atoms with Gasteiger partial charge in [0.05, 0.1) is 21.8 Å². The fraction of sp³-hybridized carbons (Fsp3) is 0.458. The van der Waals surface area contributed by atoms with E-state index in [-0.39, 0.29) is 36.2 Å². The van der Waals surface area contributed by atoms with Gasteiger partial charge in [-0.25, -0.2) is 4.39 Å². The summed E-state index contributed by atoms with van der Waals surface area (Å²) in [5.41, 5.74) is -1.38. The normalized spacial score (nSPS) is 16.6. The first kappa shape index (κ1) is 25.5. The molecule has 1 N–H and O–H groups in total. The van der Waals surface area contributed by atoms with Crippen LogP contribution in [-0.4, -0.2) is 49.5 Å². The minimum atomic E-state index is -4.59. The predicted molar refractivity (Wildman–Crippen MR) is 120 cm³/mol. The number of carbonyl (C=O) groups is 1. The molecular weight excluding hydrogens is 460 g/mol. The zero-order valence-electron chi connectivity index (χ0n) is 18.6. The number of likely N-dealkylation sites (tertiary alicyclic amines) is 1. The summed E-state index contributed by atoms with van der Waals surface area (Å²) in [6.07, 6.45) is -3.36. The SMILES string of the molecule is CN(C)c1ccc(C(=O)CCCN2CCC(O)(c3ccc(Cl)c(C(F)(F)F)c3)CC2)c(F)c1. The monoisotopic (exact) mass is 486 g/mol. The van der Waals surface area contributed by atoms with Crippen LogP contribution >= 0.6 is 11.6 Å². The molecule has 1 aliphatic rings. The number of hydrogen-bond acceptors (Lipinski definition) is 4. The molecule has 1 fully saturated rings. The van der Waals surface area contributed by atoms with Crippen LogP contribution in [0.1, 0.15) is 47.2 Å².